The summed E-state index contributed by atoms with van der Waals surface area (Å²) in [4.78, 5) is 14.4. The minimum atomic E-state index is -2.93. The predicted octanol–water partition coefficient (Wildman–Crippen LogP) is 4.30. The van der Waals surface area contributed by atoms with Crippen LogP contribution in [0.15, 0.2) is 23.1 Å². The molecule has 0 saturated carbocycles. The molecular formula is C16H17F2NO3S2. The molecule has 1 fully saturated rings. The van der Waals surface area contributed by atoms with Crippen molar-refractivity contribution < 1.29 is 23.0 Å². The van der Waals surface area contributed by atoms with Gasteiger partial charge in [-0.05, 0) is 44.5 Å². The van der Waals surface area contributed by atoms with Crippen LogP contribution in [0.5, 0.6) is 11.5 Å². The summed E-state index contributed by atoms with van der Waals surface area (Å²) < 4.78 is 35.1. The van der Waals surface area contributed by atoms with Crippen molar-refractivity contribution in [1.29, 1.82) is 0 Å². The average molecular weight is 373 g/mol. The van der Waals surface area contributed by atoms with E-state index in [0.717, 1.165) is 0 Å². The van der Waals surface area contributed by atoms with Gasteiger partial charge in [0.25, 0.3) is 5.91 Å². The van der Waals surface area contributed by atoms with Crippen LogP contribution in [0.2, 0.25) is 0 Å². The van der Waals surface area contributed by atoms with Gasteiger partial charge in [0.2, 0.25) is 0 Å². The van der Waals surface area contributed by atoms with Crippen LogP contribution in [0.4, 0.5) is 8.78 Å². The van der Waals surface area contributed by atoms with Crippen LogP contribution >= 0.6 is 24.0 Å². The summed E-state index contributed by atoms with van der Waals surface area (Å²) in [6, 6.07) is 4.52. The number of thiocarbonyl (C=S) groups is 1. The molecule has 0 radical (unpaired) electrons. The van der Waals surface area contributed by atoms with Crippen molar-refractivity contribution in [1.82, 2.24) is 4.90 Å². The number of ether oxygens (including phenoxy) is 2. The van der Waals surface area contributed by atoms with Crippen molar-refractivity contribution >= 4 is 40.3 Å². The third-order valence-corrected chi connectivity index (χ3v) is 4.45. The first-order valence-corrected chi connectivity index (χ1v) is 8.54. The van der Waals surface area contributed by atoms with Gasteiger partial charge < -0.3 is 9.47 Å². The molecule has 1 aromatic carbocycles. The minimum Gasteiger partial charge on any atom is -0.490 e. The summed E-state index contributed by atoms with van der Waals surface area (Å²) >= 11 is 6.44. The van der Waals surface area contributed by atoms with Crippen LogP contribution in [0.25, 0.3) is 6.08 Å². The van der Waals surface area contributed by atoms with Crippen LogP contribution in [0, 0.1) is 0 Å². The summed E-state index contributed by atoms with van der Waals surface area (Å²) in [5, 5.41) is 0. The molecular weight excluding hydrogens is 356 g/mol. The average Bonchev–Trinajstić information content (AvgIpc) is 2.76. The Morgan fingerprint density at radius 2 is 2.04 bits per heavy atom. The van der Waals surface area contributed by atoms with Crippen LogP contribution in [0.3, 0.4) is 0 Å². The first-order valence-electron chi connectivity index (χ1n) is 7.32. The topological polar surface area (TPSA) is 38.8 Å². The Balaban J connectivity index is 2.31. The fraction of sp³-hybridized carbons (Fsp3) is 0.375. The molecule has 0 N–H and O–H groups in total. The van der Waals surface area contributed by atoms with E-state index in [1.54, 1.807) is 30.0 Å². The van der Waals surface area contributed by atoms with Gasteiger partial charge in [-0.3, -0.25) is 9.69 Å². The van der Waals surface area contributed by atoms with Gasteiger partial charge in [0.15, 0.2) is 11.5 Å². The number of carbonyl (C=O) groups excluding carboxylic acids is 1. The highest BCUT2D eigenvalue weighted by molar-refractivity contribution is 8.26. The van der Waals surface area contributed by atoms with Gasteiger partial charge in [0.1, 0.15) is 4.32 Å². The normalized spacial score (nSPS) is 16.6. The van der Waals surface area contributed by atoms with Gasteiger partial charge in [-0.15, -0.1) is 0 Å². The number of nitrogens with zero attached hydrogens (tertiary/aromatic N) is 1. The molecule has 1 aromatic rings. The Kier molecular flexibility index (Phi) is 6.17. The Hall–Kier alpha value is -1.67. The largest absolute Gasteiger partial charge is 0.490 e. The standard InChI is InChI=1S/C16H17F2NO3S2/c1-4-21-12-7-10(5-6-11(12)22-15(17)18)8-13-14(20)19(9(2)3)16(23)24-13/h5-9,15H,4H2,1-3H3. The predicted molar refractivity (Wildman–Crippen MR) is 94.4 cm³/mol. The number of halogens is 2. The maximum Gasteiger partial charge on any atom is 0.387 e. The molecule has 8 heteroatoms. The first kappa shape index (κ1) is 18.7. The number of amides is 1. The molecule has 1 amide bonds. The zero-order valence-corrected chi connectivity index (χ0v) is 15.0. The number of hydrogen-bond donors (Lipinski definition) is 0. The van der Waals surface area contributed by atoms with Crippen molar-refractivity contribution in [3.8, 4) is 11.5 Å². The monoisotopic (exact) mass is 373 g/mol. The summed E-state index contributed by atoms with van der Waals surface area (Å²) in [6.07, 6.45) is 1.66. The molecule has 4 nitrogen and oxygen atoms in total. The van der Waals surface area contributed by atoms with Gasteiger partial charge >= 0.3 is 6.61 Å². The molecule has 1 aliphatic heterocycles. The first-order chi connectivity index (χ1) is 11.3. The van der Waals surface area contributed by atoms with Crippen LogP contribution in [-0.2, 0) is 4.79 Å². The van der Waals surface area contributed by atoms with Crippen molar-refractivity contribution in [3.63, 3.8) is 0 Å². The summed E-state index contributed by atoms with van der Waals surface area (Å²) in [7, 11) is 0. The minimum absolute atomic E-state index is 0.0239. The van der Waals surface area contributed by atoms with Crippen molar-refractivity contribution in [2.75, 3.05) is 6.61 Å². The Morgan fingerprint density at radius 3 is 2.58 bits per heavy atom. The fourth-order valence-electron chi connectivity index (χ4n) is 2.15. The van der Waals surface area contributed by atoms with E-state index < -0.39 is 6.61 Å². The van der Waals surface area contributed by atoms with Crippen molar-refractivity contribution in [2.45, 2.75) is 33.4 Å². The lowest BCUT2D eigenvalue weighted by atomic mass is 10.2. The van der Waals surface area contributed by atoms with Crippen molar-refractivity contribution in [2.24, 2.45) is 0 Å². The van der Waals surface area contributed by atoms with Crippen LogP contribution in [-0.4, -0.2) is 34.4 Å². The fourth-order valence-corrected chi connectivity index (χ4v) is 3.68. The second kappa shape index (κ2) is 7.94. The van der Waals surface area contributed by atoms with E-state index in [9.17, 15) is 13.6 Å². The number of hydrogen-bond acceptors (Lipinski definition) is 5. The second-order valence-electron chi connectivity index (χ2n) is 5.16. The van der Waals surface area contributed by atoms with E-state index in [-0.39, 0.29) is 23.4 Å². The van der Waals surface area contributed by atoms with E-state index in [0.29, 0.717) is 21.4 Å². The molecule has 130 valence electrons. The summed E-state index contributed by atoms with van der Waals surface area (Å²) in [6.45, 7) is 2.89. The van der Waals surface area contributed by atoms with Gasteiger partial charge in [-0.2, -0.15) is 8.78 Å². The third-order valence-electron chi connectivity index (χ3n) is 3.12. The highest BCUT2D eigenvalue weighted by atomic mass is 32.2. The maximum absolute atomic E-state index is 12.4. The Bertz CT molecular complexity index is 677. The molecule has 1 heterocycles. The Labute approximate surface area is 148 Å². The van der Waals surface area contributed by atoms with Crippen LogP contribution in [0.1, 0.15) is 26.3 Å². The zero-order chi connectivity index (χ0) is 17.9. The number of rotatable bonds is 6. The van der Waals surface area contributed by atoms with Crippen LogP contribution < -0.4 is 9.47 Å². The molecule has 24 heavy (non-hydrogen) atoms. The van der Waals surface area contributed by atoms with E-state index in [2.05, 4.69) is 4.74 Å². The number of benzene rings is 1. The maximum atomic E-state index is 12.4. The molecule has 0 aliphatic carbocycles. The summed E-state index contributed by atoms with van der Waals surface area (Å²) in [5.74, 6) is -0.00418. The molecule has 0 spiro atoms. The second-order valence-corrected chi connectivity index (χ2v) is 6.84. The SMILES string of the molecule is CCOc1cc(C=C2SC(=S)N(C(C)C)C2=O)ccc1OC(F)F. The van der Waals surface area contributed by atoms with Gasteiger partial charge in [0, 0.05) is 6.04 Å². The van der Waals surface area contributed by atoms with E-state index in [1.165, 1.54) is 17.8 Å². The highest BCUT2D eigenvalue weighted by Gasteiger charge is 2.33. The molecule has 0 aromatic heterocycles. The quantitative estimate of drug-likeness (QED) is 0.549. The third kappa shape index (κ3) is 4.24. The van der Waals surface area contributed by atoms with Gasteiger partial charge in [0.05, 0.1) is 11.5 Å². The lowest BCUT2D eigenvalue weighted by Gasteiger charge is -2.18. The number of carbonyl (C=O) groups is 1. The smallest absolute Gasteiger partial charge is 0.387 e. The highest BCUT2D eigenvalue weighted by Crippen LogP contribution is 2.36. The molecule has 1 aliphatic rings. The van der Waals surface area contributed by atoms with Gasteiger partial charge in [-0.1, -0.05) is 30.0 Å². The lowest BCUT2D eigenvalue weighted by Crippen LogP contribution is -2.34. The molecule has 0 bridgehead atoms. The van der Waals surface area contributed by atoms with E-state index in [4.69, 9.17) is 17.0 Å². The summed E-state index contributed by atoms with van der Waals surface area (Å²) in [5.41, 5.74) is 0.643. The lowest BCUT2D eigenvalue weighted by molar-refractivity contribution is -0.123. The molecule has 0 unspecified atom stereocenters. The van der Waals surface area contributed by atoms with Gasteiger partial charge in [-0.25, -0.2) is 0 Å². The van der Waals surface area contributed by atoms with Crippen molar-refractivity contribution in [3.05, 3.63) is 28.7 Å². The zero-order valence-electron chi connectivity index (χ0n) is 13.4. The number of alkyl halides is 2. The number of thioether (sulfide) groups is 1. The molecule has 0 atom stereocenters. The van der Waals surface area contributed by atoms with E-state index in [1.807, 2.05) is 13.8 Å². The molecule has 1 saturated heterocycles. The van der Waals surface area contributed by atoms with E-state index >= 15 is 0 Å². The Morgan fingerprint density at radius 1 is 1.33 bits per heavy atom. The molecule has 2 rings (SSSR count).